The molecule has 10 heteroatoms. The summed E-state index contributed by atoms with van der Waals surface area (Å²) < 4.78 is 30.8. The van der Waals surface area contributed by atoms with Crippen LogP contribution in [0.2, 0.25) is 0 Å². The van der Waals surface area contributed by atoms with Gasteiger partial charge in [0.15, 0.2) is 0 Å². The van der Waals surface area contributed by atoms with Crippen LogP contribution in [0.25, 0.3) is 0 Å². The average Bonchev–Trinajstić information content (AvgIpc) is 3.47. The standard InChI is InChI=1S/C72H137N2O7P/c1-7-10-13-16-19-22-25-28-30-32-34-35-36-37-38-39-41-43-45-47-50-53-56-59-62-65-72(76)81-70(63-60-57-54-51-48-27-24-21-18-15-12-9-3)69(68-80-82(77,78)79-67-66-74(4,5)6)73-71(75)64-61-58-55-52-49-46-44-42-40-33-31-29-26-23-20-17-14-11-8-2/h20,23,29,31,40,42,60,63,69-70H,7-19,21-22,24-28,30,32-39,41,43-59,61-62,64-68H2,1-6H3,(H-,73,75,77,78)/p+1/b23-20-,31-29-,42-40-,63-60-. The first-order valence-electron chi connectivity index (χ1n) is 35.5. The number of phosphoric acid groups is 1. The highest BCUT2D eigenvalue weighted by Gasteiger charge is 2.30. The Hall–Kier alpha value is -2.03. The number of esters is 1. The quantitative estimate of drug-likeness (QED) is 0.0205. The minimum Gasteiger partial charge on any atom is -0.456 e. The molecule has 0 fully saturated rings. The first-order chi connectivity index (χ1) is 39.9. The Morgan fingerprint density at radius 3 is 1.13 bits per heavy atom. The highest BCUT2D eigenvalue weighted by molar-refractivity contribution is 7.47. The second-order valence-corrected chi connectivity index (χ2v) is 26.9. The third-order valence-electron chi connectivity index (χ3n) is 16.0. The molecular formula is C72H138N2O7P+. The molecule has 0 bridgehead atoms. The summed E-state index contributed by atoms with van der Waals surface area (Å²) >= 11 is 0. The predicted octanol–water partition coefficient (Wildman–Crippen LogP) is 22.4. The molecule has 1 amide bonds. The van der Waals surface area contributed by atoms with Gasteiger partial charge < -0.3 is 19.4 Å². The summed E-state index contributed by atoms with van der Waals surface area (Å²) in [6.07, 6.45) is 78.4. The number of nitrogens with one attached hydrogen (secondary N) is 1. The molecule has 3 atom stereocenters. The molecule has 0 aliphatic carbocycles. The molecule has 0 saturated carbocycles. The molecule has 0 saturated heterocycles. The van der Waals surface area contributed by atoms with Crippen molar-refractivity contribution in [2.24, 2.45) is 0 Å². The van der Waals surface area contributed by atoms with E-state index in [1.807, 2.05) is 33.3 Å². The minimum absolute atomic E-state index is 0.0387. The zero-order chi connectivity index (χ0) is 60.0. The SMILES string of the molecule is CCCCC/C=C\C/C=C\C/C=C\CCCCCCCCC(=O)NC(COP(=O)(O)OCC[N+](C)(C)C)C(/C=C\CCCCCCCCCCCC)OC(=O)CCCCCCCCCCCCCCCCCCCCCCCCCCC. The van der Waals surface area contributed by atoms with Gasteiger partial charge in [-0.2, -0.15) is 0 Å². The number of carbonyl (C=O) groups is 2. The van der Waals surface area contributed by atoms with Crippen LogP contribution in [0.3, 0.4) is 0 Å². The molecule has 0 aromatic carbocycles. The van der Waals surface area contributed by atoms with Crippen molar-refractivity contribution in [2.45, 2.75) is 360 Å². The van der Waals surface area contributed by atoms with E-state index in [2.05, 4.69) is 62.5 Å². The maximum atomic E-state index is 13.6. The minimum atomic E-state index is -4.46. The number of allylic oxidation sites excluding steroid dienone is 7. The molecule has 0 rings (SSSR count). The molecule has 0 aromatic heterocycles. The number of nitrogens with zero attached hydrogens (tertiary/aromatic N) is 1. The van der Waals surface area contributed by atoms with Crippen LogP contribution < -0.4 is 5.32 Å². The first-order valence-corrected chi connectivity index (χ1v) is 37.0. The van der Waals surface area contributed by atoms with Gasteiger partial charge in [-0.1, -0.05) is 314 Å². The third-order valence-corrected chi connectivity index (χ3v) is 17.0. The average molecular weight is 1170 g/mol. The van der Waals surface area contributed by atoms with Gasteiger partial charge in [-0.3, -0.25) is 18.6 Å². The molecule has 0 aliphatic heterocycles. The van der Waals surface area contributed by atoms with Crippen molar-refractivity contribution < 1.29 is 37.3 Å². The zero-order valence-corrected chi connectivity index (χ0v) is 56.1. The maximum Gasteiger partial charge on any atom is 0.472 e. The molecule has 0 aliphatic rings. The van der Waals surface area contributed by atoms with E-state index in [0.717, 1.165) is 83.5 Å². The Kier molecular flexibility index (Phi) is 60.5. The number of ether oxygens (including phenoxy) is 1. The van der Waals surface area contributed by atoms with Crippen LogP contribution in [0.5, 0.6) is 0 Å². The molecule has 3 unspecified atom stereocenters. The highest BCUT2D eigenvalue weighted by atomic mass is 31.2. The molecule has 0 heterocycles. The van der Waals surface area contributed by atoms with Crippen molar-refractivity contribution in [3.63, 3.8) is 0 Å². The van der Waals surface area contributed by atoms with Crippen molar-refractivity contribution in [2.75, 3.05) is 40.9 Å². The normalized spacial score (nSPS) is 13.8. The van der Waals surface area contributed by atoms with Crippen LogP contribution >= 0.6 is 7.82 Å². The molecule has 82 heavy (non-hydrogen) atoms. The van der Waals surface area contributed by atoms with Gasteiger partial charge in [-0.25, -0.2) is 4.57 Å². The Bertz CT molecular complexity index is 1540. The Labute approximate surface area is 509 Å². The number of hydrogen-bond acceptors (Lipinski definition) is 6. The summed E-state index contributed by atoms with van der Waals surface area (Å²) in [4.78, 5) is 37.9. The Morgan fingerprint density at radius 2 is 0.744 bits per heavy atom. The fourth-order valence-corrected chi connectivity index (χ4v) is 11.3. The zero-order valence-electron chi connectivity index (χ0n) is 55.2. The number of amides is 1. The third kappa shape index (κ3) is 62.5. The molecule has 0 radical (unpaired) electrons. The number of carbonyl (C=O) groups excluding carboxylic acids is 2. The molecule has 0 spiro atoms. The van der Waals surface area contributed by atoms with E-state index in [-0.39, 0.29) is 25.1 Å². The summed E-state index contributed by atoms with van der Waals surface area (Å²) in [5.74, 6) is -0.504. The Balaban J connectivity index is 5.05. The van der Waals surface area contributed by atoms with Gasteiger partial charge in [0, 0.05) is 12.8 Å². The van der Waals surface area contributed by atoms with Gasteiger partial charge in [0.05, 0.1) is 33.8 Å². The van der Waals surface area contributed by atoms with Crippen molar-refractivity contribution in [3.05, 3.63) is 48.6 Å². The van der Waals surface area contributed by atoms with E-state index >= 15 is 0 Å². The largest absolute Gasteiger partial charge is 0.472 e. The highest BCUT2D eigenvalue weighted by Crippen LogP contribution is 2.43. The number of quaternary nitrogens is 1. The number of likely N-dealkylation sites (N-methyl/N-ethyl adjacent to an activating group) is 1. The number of phosphoric ester groups is 1. The first kappa shape index (κ1) is 80.0. The van der Waals surface area contributed by atoms with Gasteiger partial charge >= 0.3 is 13.8 Å². The lowest BCUT2D eigenvalue weighted by Crippen LogP contribution is -2.47. The number of unbranched alkanes of at least 4 members (excludes halogenated alkanes) is 43. The van der Waals surface area contributed by atoms with Crippen LogP contribution in [0.1, 0.15) is 348 Å². The summed E-state index contributed by atoms with van der Waals surface area (Å²) in [5, 5.41) is 3.06. The van der Waals surface area contributed by atoms with E-state index in [1.165, 1.54) is 231 Å². The summed E-state index contributed by atoms with van der Waals surface area (Å²) in [7, 11) is 1.50. The lowest BCUT2D eigenvalue weighted by atomic mass is 10.0. The molecule has 0 aromatic rings. The lowest BCUT2D eigenvalue weighted by Gasteiger charge is -2.27. The number of rotatable bonds is 65. The van der Waals surface area contributed by atoms with E-state index < -0.39 is 20.0 Å². The molecule has 9 nitrogen and oxygen atoms in total. The van der Waals surface area contributed by atoms with Gasteiger partial charge in [0.25, 0.3) is 0 Å². The smallest absolute Gasteiger partial charge is 0.456 e. The monoisotopic (exact) mass is 1170 g/mol. The lowest BCUT2D eigenvalue weighted by molar-refractivity contribution is -0.870. The number of hydrogen-bond donors (Lipinski definition) is 2. The summed E-state index contributed by atoms with van der Waals surface area (Å²) in [6, 6.07) is -0.854. The fourth-order valence-electron chi connectivity index (χ4n) is 10.5. The second kappa shape index (κ2) is 62.0. The van der Waals surface area contributed by atoms with Crippen LogP contribution in [0.4, 0.5) is 0 Å². The van der Waals surface area contributed by atoms with E-state index in [4.69, 9.17) is 13.8 Å². The second-order valence-electron chi connectivity index (χ2n) is 25.4. The molecule has 2 N–H and O–H groups in total. The van der Waals surface area contributed by atoms with E-state index in [1.54, 1.807) is 0 Å². The summed E-state index contributed by atoms with van der Waals surface area (Å²) in [6.45, 7) is 7.02. The summed E-state index contributed by atoms with van der Waals surface area (Å²) in [5.41, 5.74) is 0. The van der Waals surface area contributed by atoms with Crippen molar-refractivity contribution in [1.29, 1.82) is 0 Å². The van der Waals surface area contributed by atoms with Crippen molar-refractivity contribution >= 4 is 19.7 Å². The van der Waals surface area contributed by atoms with E-state index in [9.17, 15) is 19.0 Å². The van der Waals surface area contributed by atoms with Gasteiger partial charge in [0.1, 0.15) is 19.3 Å². The van der Waals surface area contributed by atoms with Crippen molar-refractivity contribution in [1.82, 2.24) is 5.32 Å². The van der Waals surface area contributed by atoms with Crippen LogP contribution in [-0.4, -0.2) is 74.3 Å². The van der Waals surface area contributed by atoms with Crippen LogP contribution in [0.15, 0.2) is 48.6 Å². The Morgan fingerprint density at radius 1 is 0.427 bits per heavy atom. The van der Waals surface area contributed by atoms with E-state index in [0.29, 0.717) is 23.9 Å². The fraction of sp³-hybridized carbons (Fsp3) is 0.861. The topological polar surface area (TPSA) is 111 Å². The van der Waals surface area contributed by atoms with Gasteiger partial charge in [0.2, 0.25) is 5.91 Å². The molecule has 482 valence electrons. The van der Waals surface area contributed by atoms with Crippen LogP contribution in [0, 0.1) is 0 Å². The van der Waals surface area contributed by atoms with Crippen LogP contribution in [-0.2, 0) is 27.9 Å². The van der Waals surface area contributed by atoms with Crippen molar-refractivity contribution in [3.8, 4) is 0 Å². The maximum absolute atomic E-state index is 13.6. The predicted molar refractivity (Wildman–Crippen MR) is 355 cm³/mol. The van der Waals surface area contributed by atoms with Gasteiger partial charge in [-0.15, -0.1) is 0 Å². The van der Waals surface area contributed by atoms with Gasteiger partial charge in [-0.05, 0) is 70.3 Å². The molecular weight excluding hydrogens is 1040 g/mol.